The first kappa shape index (κ1) is 15.7. The highest BCUT2D eigenvalue weighted by Gasteiger charge is 2.43. The Morgan fingerprint density at radius 3 is 2.62 bits per heavy atom. The molecule has 0 aromatic rings. The summed E-state index contributed by atoms with van der Waals surface area (Å²) in [6, 6.07) is 0.489. The van der Waals surface area contributed by atoms with Gasteiger partial charge in [-0.1, -0.05) is 6.92 Å². The lowest BCUT2D eigenvalue weighted by molar-refractivity contribution is -0.154. The van der Waals surface area contributed by atoms with Crippen molar-refractivity contribution in [2.45, 2.75) is 76.2 Å². The Kier molecular flexibility index (Phi) is 5.20. The highest BCUT2D eigenvalue weighted by atomic mass is 16.5. The Morgan fingerprint density at radius 1 is 1.14 bits per heavy atom. The zero-order chi connectivity index (χ0) is 14.7. The van der Waals surface area contributed by atoms with Crippen molar-refractivity contribution < 1.29 is 14.2 Å². The van der Waals surface area contributed by atoms with Crippen molar-refractivity contribution in [2.75, 3.05) is 26.4 Å². The maximum Gasteiger partial charge on any atom is 0.0735 e. The van der Waals surface area contributed by atoms with Crippen LogP contribution in [0.4, 0.5) is 0 Å². The van der Waals surface area contributed by atoms with Crippen LogP contribution >= 0.6 is 0 Å². The molecule has 4 atom stereocenters. The number of likely N-dealkylation sites (N-methyl/N-ethyl adjacent to an activating group) is 1. The summed E-state index contributed by atoms with van der Waals surface area (Å²) in [4.78, 5) is 0. The minimum Gasteiger partial charge on any atom is -0.381 e. The maximum atomic E-state index is 6.20. The molecule has 0 radical (unpaired) electrons. The summed E-state index contributed by atoms with van der Waals surface area (Å²) in [5.41, 5.74) is 0.0824. The molecule has 0 amide bonds. The topological polar surface area (TPSA) is 39.7 Å². The number of nitrogens with one attached hydrogen (secondary N) is 1. The number of hydrogen-bond donors (Lipinski definition) is 1. The van der Waals surface area contributed by atoms with Gasteiger partial charge in [-0.25, -0.2) is 0 Å². The molecule has 1 N–H and O–H groups in total. The normalized spacial score (nSPS) is 37.7. The second-order valence-corrected chi connectivity index (χ2v) is 7.04. The van der Waals surface area contributed by atoms with Crippen LogP contribution in [0, 0.1) is 5.92 Å². The monoisotopic (exact) mass is 297 g/mol. The van der Waals surface area contributed by atoms with E-state index in [0.717, 1.165) is 45.6 Å². The Balaban J connectivity index is 1.66. The van der Waals surface area contributed by atoms with E-state index in [1.165, 1.54) is 19.3 Å². The van der Waals surface area contributed by atoms with Gasteiger partial charge in [0.15, 0.2) is 0 Å². The van der Waals surface area contributed by atoms with Crippen molar-refractivity contribution in [1.82, 2.24) is 5.32 Å². The van der Waals surface area contributed by atoms with E-state index in [1.807, 2.05) is 0 Å². The number of rotatable bonds is 4. The third kappa shape index (κ3) is 3.61. The first-order valence-corrected chi connectivity index (χ1v) is 8.83. The molecule has 3 saturated heterocycles. The average Bonchev–Trinajstić information content (AvgIpc) is 2.92. The van der Waals surface area contributed by atoms with Crippen LogP contribution in [0.3, 0.4) is 0 Å². The molecule has 0 aromatic heterocycles. The highest BCUT2D eigenvalue weighted by molar-refractivity contribution is 4.96. The van der Waals surface area contributed by atoms with Crippen LogP contribution in [0.2, 0.25) is 0 Å². The molecule has 4 nitrogen and oxygen atoms in total. The van der Waals surface area contributed by atoms with Gasteiger partial charge in [-0.3, -0.25) is 0 Å². The summed E-state index contributed by atoms with van der Waals surface area (Å²) in [6.45, 7) is 8.04. The molecule has 1 spiro atoms. The van der Waals surface area contributed by atoms with Gasteiger partial charge in [0.05, 0.1) is 17.8 Å². The van der Waals surface area contributed by atoms with Crippen LogP contribution in [-0.2, 0) is 14.2 Å². The molecule has 3 aliphatic heterocycles. The fourth-order valence-corrected chi connectivity index (χ4v) is 4.40. The molecule has 4 heteroatoms. The maximum absolute atomic E-state index is 6.20. The van der Waals surface area contributed by atoms with Gasteiger partial charge in [0.1, 0.15) is 0 Å². The van der Waals surface area contributed by atoms with Crippen molar-refractivity contribution in [3.05, 3.63) is 0 Å². The molecule has 0 aromatic carbocycles. The van der Waals surface area contributed by atoms with Crippen LogP contribution < -0.4 is 5.32 Å². The minimum absolute atomic E-state index is 0.0824. The van der Waals surface area contributed by atoms with Gasteiger partial charge >= 0.3 is 0 Å². The zero-order valence-electron chi connectivity index (χ0n) is 13.6. The van der Waals surface area contributed by atoms with Crippen LogP contribution in [0.1, 0.15) is 52.4 Å². The lowest BCUT2D eigenvalue weighted by Gasteiger charge is -2.46. The molecule has 3 heterocycles. The van der Waals surface area contributed by atoms with Gasteiger partial charge < -0.3 is 19.5 Å². The summed E-state index contributed by atoms with van der Waals surface area (Å²) in [5, 5.41) is 3.73. The molecule has 3 fully saturated rings. The predicted molar refractivity (Wildman–Crippen MR) is 82.5 cm³/mol. The third-order valence-electron chi connectivity index (χ3n) is 5.55. The largest absolute Gasteiger partial charge is 0.381 e. The zero-order valence-corrected chi connectivity index (χ0v) is 13.6. The van der Waals surface area contributed by atoms with E-state index >= 15 is 0 Å². The summed E-state index contributed by atoms with van der Waals surface area (Å²) >= 11 is 0. The lowest BCUT2D eigenvalue weighted by atomic mass is 9.76. The molecule has 0 aliphatic carbocycles. The van der Waals surface area contributed by atoms with Gasteiger partial charge in [0, 0.05) is 25.9 Å². The van der Waals surface area contributed by atoms with E-state index in [4.69, 9.17) is 14.2 Å². The summed E-state index contributed by atoms with van der Waals surface area (Å²) < 4.78 is 17.9. The Labute approximate surface area is 128 Å². The third-order valence-corrected chi connectivity index (χ3v) is 5.55. The smallest absolute Gasteiger partial charge is 0.0735 e. The number of hydrogen-bond acceptors (Lipinski definition) is 4. The van der Waals surface area contributed by atoms with Crippen LogP contribution in [0.5, 0.6) is 0 Å². The van der Waals surface area contributed by atoms with E-state index in [-0.39, 0.29) is 5.60 Å². The fraction of sp³-hybridized carbons (Fsp3) is 1.00. The first-order chi connectivity index (χ1) is 10.2. The molecule has 0 bridgehead atoms. The van der Waals surface area contributed by atoms with E-state index in [0.29, 0.717) is 24.2 Å². The van der Waals surface area contributed by atoms with E-state index < -0.39 is 0 Å². The summed E-state index contributed by atoms with van der Waals surface area (Å²) in [7, 11) is 0. The van der Waals surface area contributed by atoms with Gasteiger partial charge in [0.25, 0.3) is 0 Å². The van der Waals surface area contributed by atoms with Crippen molar-refractivity contribution in [2.24, 2.45) is 5.92 Å². The van der Waals surface area contributed by atoms with E-state index in [1.54, 1.807) is 0 Å². The van der Waals surface area contributed by atoms with Gasteiger partial charge in [-0.2, -0.15) is 0 Å². The van der Waals surface area contributed by atoms with Crippen molar-refractivity contribution in [3.8, 4) is 0 Å². The summed E-state index contributed by atoms with van der Waals surface area (Å²) in [6.07, 6.45) is 7.67. The van der Waals surface area contributed by atoms with Gasteiger partial charge in [0.2, 0.25) is 0 Å². The molecule has 4 unspecified atom stereocenters. The minimum atomic E-state index is 0.0824. The number of ether oxygens (including phenoxy) is 3. The standard InChI is InChI=1S/C17H31NO3/c1-3-18-16(15-5-4-13(2)21-15)14-6-9-20-17(12-14)7-10-19-11-8-17/h13-16,18H,3-12H2,1-2H3. The average molecular weight is 297 g/mol. The molecule has 21 heavy (non-hydrogen) atoms. The van der Waals surface area contributed by atoms with Crippen molar-refractivity contribution >= 4 is 0 Å². The van der Waals surface area contributed by atoms with E-state index in [2.05, 4.69) is 19.2 Å². The summed E-state index contributed by atoms with van der Waals surface area (Å²) in [5.74, 6) is 0.673. The first-order valence-electron chi connectivity index (χ1n) is 8.83. The van der Waals surface area contributed by atoms with Gasteiger partial charge in [-0.15, -0.1) is 0 Å². The Hall–Kier alpha value is -0.160. The highest BCUT2D eigenvalue weighted by Crippen LogP contribution is 2.40. The lowest BCUT2D eigenvalue weighted by Crippen LogP contribution is -2.52. The second-order valence-electron chi connectivity index (χ2n) is 7.04. The van der Waals surface area contributed by atoms with E-state index in [9.17, 15) is 0 Å². The quantitative estimate of drug-likeness (QED) is 0.865. The molecular formula is C17H31NO3. The van der Waals surface area contributed by atoms with Gasteiger partial charge in [-0.05, 0) is 57.9 Å². The van der Waals surface area contributed by atoms with Crippen molar-refractivity contribution in [1.29, 1.82) is 0 Å². The molecule has 3 rings (SSSR count). The molecule has 0 saturated carbocycles. The Bertz CT molecular complexity index is 324. The van der Waals surface area contributed by atoms with Crippen LogP contribution in [0.25, 0.3) is 0 Å². The molecule has 122 valence electrons. The Morgan fingerprint density at radius 2 is 1.95 bits per heavy atom. The predicted octanol–water partition coefficient (Wildman–Crippen LogP) is 2.51. The molecular weight excluding hydrogens is 266 g/mol. The van der Waals surface area contributed by atoms with Crippen molar-refractivity contribution in [3.63, 3.8) is 0 Å². The molecule has 3 aliphatic rings. The van der Waals surface area contributed by atoms with Crippen LogP contribution in [0.15, 0.2) is 0 Å². The van der Waals surface area contributed by atoms with Crippen LogP contribution in [-0.4, -0.2) is 50.2 Å². The SMILES string of the molecule is CCNC(C1CCOC2(CCOCC2)C1)C1CCC(C)O1. The fourth-order valence-electron chi connectivity index (χ4n) is 4.40. The second kappa shape index (κ2) is 6.95.